The Labute approximate surface area is 112 Å². The molecule has 8 nitrogen and oxygen atoms in total. The molecule has 0 saturated heterocycles. The SMILES string of the molecule is CCN(C)C(=O)CNC(=O)NCC(CC(=O)O)OC. The van der Waals surface area contributed by atoms with Crippen molar-refractivity contribution >= 4 is 17.9 Å². The van der Waals surface area contributed by atoms with E-state index in [1.165, 1.54) is 12.0 Å². The Morgan fingerprint density at radius 2 is 1.95 bits per heavy atom. The highest BCUT2D eigenvalue weighted by Crippen LogP contribution is 1.95. The number of amides is 3. The summed E-state index contributed by atoms with van der Waals surface area (Å²) in [5.74, 6) is -1.21. The van der Waals surface area contributed by atoms with Gasteiger partial charge in [-0.05, 0) is 6.92 Å². The summed E-state index contributed by atoms with van der Waals surface area (Å²) >= 11 is 0. The van der Waals surface area contributed by atoms with Crippen molar-refractivity contribution in [3.63, 3.8) is 0 Å². The van der Waals surface area contributed by atoms with Crippen LogP contribution in [0, 0.1) is 0 Å². The molecule has 0 rings (SSSR count). The maximum atomic E-state index is 11.4. The van der Waals surface area contributed by atoms with Crippen LogP contribution in [0.4, 0.5) is 4.79 Å². The van der Waals surface area contributed by atoms with Crippen LogP contribution in [0.5, 0.6) is 0 Å². The summed E-state index contributed by atoms with van der Waals surface area (Å²) in [5.41, 5.74) is 0. The van der Waals surface area contributed by atoms with E-state index in [0.717, 1.165) is 0 Å². The summed E-state index contributed by atoms with van der Waals surface area (Å²) in [6.45, 7) is 2.35. The summed E-state index contributed by atoms with van der Waals surface area (Å²) in [6, 6.07) is -0.537. The van der Waals surface area contributed by atoms with Crippen molar-refractivity contribution in [2.45, 2.75) is 19.4 Å². The predicted octanol–water partition coefficient (Wildman–Crippen LogP) is -0.746. The summed E-state index contributed by atoms with van der Waals surface area (Å²) in [4.78, 5) is 34.7. The first kappa shape index (κ1) is 17.2. The average molecular weight is 275 g/mol. The summed E-state index contributed by atoms with van der Waals surface area (Å²) in [6.07, 6.45) is -0.800. The second kappa shape index (κ2) is 9.15. The molecule has 3 amide bonds. The molecule has 0 aromatic carbocycles. The molecule has 0 aromatic heterocycles. The van der Waals surface area contributed by atoms with Gasteiger partial charge in [-0.2, -0.15) is 0 Å². The van der Waals surface area contributed by atoms with Crippen LogP contribution in [0.3, 0.4) is 0 Å². The fourth-order valence-corrected chi connectivity index (χ4v) is 1.17. The Kier molecular flexibility index (Phi) is 8.27. The number of rotatable bonds is 8. The molecule has 0 radical (unpaired) electrons. The Morgan fingerprint density at radius 3 is 2.42 bits per heavy atom. The normalized spacial score (nSPS) is 11.5. The highest BCUT2D eigenvalue weighted by atomic mass is 16.5. The quantitative estimate of drug-likeness (QED) is 0.540. The average Bonchev–Trinajstić information content (AvgIpc) is 2.39. The van der Waals surface area contributed by atoms with Crippen LogP contribution in [-0.2, 0) is 14.3 Å². The van der Waals surface area contributed by atoms with Crippen LogP contribution < -0.4 is 10.6 Å². The van der Waals surface area contributed by atoms with E-state index in [-0.39, 0.29) is 25.4 Å². The molecular weight excluding hydrogens is 254 g/mol. The number of hydrogen-bond donors (Lipinski definition) is 3. The summed E-state index contributed by atoms with van der Waals surface area (Å²) in [7, 11) is 3.00. The van der Waals surface area contributed by atoms with E-state index in [9.17, 15) is 14.4 Å². The Bertz CT molecular complexity index is 321. The van der Waals surface area contributed by atoms with E-state index in [1.807, 2.05) is 6.92 Å². The van der Waals surface area contributed by atoms with Gasteiger partial charge >= 0.3 is 12.0 Å². The maximum Gasteiger partial charge on any atom is 0.315 e. The molecule has 0 spiro atoms. The minimum atomic E-state index is -1.01. The van der Waals surface area contributed by atoms with E-state index in [1.54, 1.807) is 7.05 Å². The molecule has 19 heavy (non-hydrogen) atoms. The molecule has 3 N–H and O–H groups in total. The number of hydrogen-bond acceptors (Lipinski definition) is 4. The molecule has 8 heteroatoms. The Hall–Kier alpha value is -1.83. The molecule has 0 heterocycles. The highest BCUT2D eigenvalue weighted by Gasteiger charge is 2.14. The van der Waals surface area contributed by atoms with Gasteiger partial charge < -0.3 is 25.4 Å². The number of carboxylic acids is 1. The van der Waals surface area contributed by atoms with E-state index in [0.29, 0.717) is 6.54 Å². The third-order valence-corrected chi connectivity index (χ3v) is 2.53. The van der Waals surface area contributed by atoms with E-state index in [4.69, 9.17) is 9.84 Å². The highest BCUT2D eigenvalue weighted by molar-refractivity contribution is 5.83. The molecule has 0 aliphatic heterocycles. The standard InChI is InChI=1S/C11H21N3O5/c1-4-14(2)9(15)7-13-11(18)12-6-8(19-3)5-10(16)17/h8H,4-7H2,1-3H3,(H,16,17)(H2,12,13,18). The van der Waals surface area contributed by atoms with Crippen LogP contribution in [0.15, 0.2) is 0 Å². The van der Waals surface area contributed by atoms with Crippen molar-refractivity contribution in [2.75, 3.05) is 33.8 Å². The summed E-state index contributed by atoms with van der Waals surface area (Å²) in [5, 5.41) is 13.4. The Balaban J connectivity index is 3.92. The first-order valence-electron chi connectivity index (χ1n) is 5.90. The van der Waals surface area contributed by atoms with Gasteiger partial charge in [-0.3, -0.25) is 9.59 Å². The molecule has 0 aromatic rings. The van der Waals surface area contributed by atoms with E-state index >= 15 is 0 Å². The monoisotopic (exact) mass is 275 g/mol. The van der Waals surface area contributed by atoms with Crippen molar-refractivity contribution in [2.24, 2.45) is 0 Å². The van der Waals surface area contributed by atoms with Gasteiger partial charge in [0.1, 0.15) is 0 Å². The fourth-order valence-electron chi connectivity index (χ4n) is 1.17. The van der Waals surface area contributed by atoms with Gasteiger partial charge in [0.05, 0.1) is 19.1 Å². The smallest absolute Gasteiger partial charge is 0.315 e. The van der Waals surface area contributed by atoms with Crippen molar-refractivity contribution in [3.05, 3.63) is 0 Å². The van der Waals surface area contributed by atoms with Crippen LogP contribution in [-0.4, -0.2) is 67.8 Å². The molecule has 0 aliphatic rings. The van der Waals surface area contributed by atoms with E-state index < -0.39 is 18.1 Å². The second-order valence-electron chi connectivity index (χ2n) is 3.93. The van der Waals surface area contributed by atoms with Gasteiger partial charge in [0.25, 0.3) is 0 Å². The number of likely N-dealkylation sites (N-methyl/N-ethyl adjacent to an activating group) is 1. The van der Waals surface area contributed by atoms with E-state index in [2.05, 4.69) is 10.6 Å². The number of ether oxygens (including phenoxy) is 1. The first-order valence-corrected chi connectivity index (χ1v) is 5.90. The molecular formula is C11H21N3O5. The van der Waals surface area contributed by atoms with Crippen molar-refractivity contribution in [1.82, 2.24) is 15.5 Å². The van der Waals surface area contributed by atoms with Crippen LogP contribution in [0.25, 0.3) is 0 Å². The Morgan fingerprint density at radius 1 is 1.32 bits per heavy atom. The third kappa shape index (κ3) is 7.98. The van der Waals surface area contributed by atoms with Gasteiger partial charge in [-0.25, -0.2) is 4.79 Å². The number of nitrogens with zero attached hydrogens (tertiary/aromatic N) is 1. The lowest BCUT2D eigenvalue weighted by atomic mass is 10.2. The number of carbonyl (C=O) groups is 3. The minimum absolute atomic E-state index is 0.0619. The number of aliphatic carboxylic acids is 1. The lowest BCUT2D eigenvalue weighted by Crippen LogP contribution is -2.45. The molecule has 0 saturated carbocycles. The number of nitrogens with one attached hydrogen (secondary N) is 2. The zero-order chi connectivity index (χ0) is 14.8. The molecule has 110 valence electrons. The van der Waals surface area contributed by atoms with Crippen molar-refractivity contribution < 1.29 is 24.2 Å². The van der Waals surface area contributed by atoms with Crippen LogP contribution in [0.2, 0.25) is 0 Å². The van der Waals surface area contributed by atoms with Gasteiger partial charge in [-0.1, -0.05) is 0 Å². The predicted molar refractivity (Wildman–Crippen MR) is 67.8 cm³/mol. The lowest BCUT2D eigenvalue weighted by Gasteiger charge is -2.16. The molecule has 0 aliphatic carbocycles. The minimum Gasteiger partial charge on any atom is -0.481 e. The molecule has 1 unspecified atom stereocenters. The lowest BCUT2D eigenvalue weighted by molar-refractivity contribution is -0.139. The summed E-state index contributed by atoms with van der Waals surface area (Å²) < 4.78 is 4.89. The van der Waals surface area contributed by atoms with Gasteiger partial charge in [-0.15, -0.1) is 0 Å². The third-order valence-electron chi connectivity index (χ3n) is 2.53. The first-order chi connectivity index (χ1) is 8.90. The largest absolute Gasteiger partial charge is 0.481 e. The van der Waals surface area contributed by atoms with Crippen LogP contribution in [0.1, 0.15) is 13.3 Å². The molecule has 0 fully saturated rings. The van der Waals surface area contributed by atoms with Crippen molar-refractivity contribution in [1.29, 1.82) is 0 Å². The molecule has 0 bridgehead atoms. The number of carboxylic acid groups (broad SMARTS) is 1. The number of urea groups is 1. The molecule has 1 atom stereocenters. The number of methoxy groups -OCH3 is 1. The van der Waals surface area contributed by atoms with Gasteiger partial charge in [0.15, 0.2) is 0 Å². The zero-order valence-electron chi connectivity index (χ0n) is 11.4. The number of carbonyl (C=O) groups excluding carboxylic acids is 2. The van der Waals surface area contributed by atoms with Gasteiger partial charge in [0.2, 0.25) is 5.91 Å². The van der Waals surface area contributed by atoms with Crippen LogP contribution >= 0.6 is 0 Å². The second-order valence-corrected chi connectivity index (χ2v) is 3.93. The topological polar surface area (TPSA) is 108 Å². The zero-order valence-corrected chi connectivity index (χ0v) is 11.4. The van der Waals surface area contributed by atoms with Gasteiger partial charge in [0, 0.05) is 27.2 Å². The maximum absolute atomic E-state index is 11.4. The van der Waals surface area contributed by atoms with Crippen molar-refractivity contribution in [3.8, 4) is 0 Å². The fraction of sp³-hybridized carbons (Fsp3) is 0.727.